The fraction of sp³-hybridized carbons (Fsp3) is 0.458. The van der Waals surface area contributed by atoms with Crippen molar-refractivity contribution < 1.29 is 38.5 Å². The number of aliphatic hydroxyl groups is 1. The molecule has 2 aliphatic heterocycles. The summed E-state index contributed by atoms with van der Waals surface area (Å²) in [6.45, 7) is 18.5. The minimum absolute atomic E-state index is 0.0244. The summed E-state index contributed by atoms with van der Waals surface area (Å²) in [6, 6.07) is 20.2. The molecule has 1 fully saturated rings. The van der Waals surface area contributed by atoms with Crippen molar-refractivity contribution in [3.63, 3.8) is 0 Å². The number of likely N-dealkylation sites (tertiary alicyclic amines) is 1. The number of thiazole rings is 1. The molecule has 6 aromatic rings. The molecule has 0 bridgehead atoms. The summed E-state index contributed by atoms with van der Waals surface area (Å²) in [5, 5.41) is 30.5. The minimum atomic E-state index is -0.983. The molecule has 1 saturated heterocycles. The average molecular weight is 1130 g/mol. The number of fused-ring (bicyclic) bond motifs is 3. The van der Waals surface area contributed by atoms with Crippen molar-refractivity contribution >= 4 is 63.6 Å². The van der Waals surface area contributed by atoms with Gasteiger partial charge in [-0.3, -0.25) is 28.7 Å². The second kappa shape index (κ2) is 26.3. The number of halogens is 1. The molecule has 0 unspecified atom stereocenters. The van der Waals surface area contributed by atoms with Gasteiger partial charge in [0.15, 0.2) is 5.82 Å². The maximum absolute atomic E-state index is 14.2. The van der Waals surface area contributed by atoms with Crippen LogP contribution in [0.3, 0.4) is 0 Å². The van der Waals surface area contributed by atoms with Crippen molar-refractivity contribution in [1.82, 2.24) is 40.6 Å². The largest absolute Gasteiger partial charge is 0.494 e. The Hall–Kier alpha value is -6.35. The quantitative estimate of drug-likeness (QED) is 0.0444. The molecular weight excluding hydrogens is 1060 g/mol. The highest BCUT2D eigenvalue weighted by Crippen LogP contribution is 2.40. The first-order chi connectivity index (χ1) is 37.8. The third kappa shape index (κ3) is 14.3. The average Bonchev–Trinajstić information content (AvgIpc) is 4.20. The molecule has 3 aromatic carbocycles. The SMILES string of the molecule is CCC[C@H](NC(=O)[C@@H]1C[C@@H](O)CN1C(=O)[C@@H](NC(=O)COCCOCCCOc1ccc([C@H](C)NC(=O)C[C@@H]2N=C(c3ccc(Cl)cc3)c3c(sc(C)c3C)-n3c(C)nnc32)cc1)C(C)(C)C)c1ccc(-c2scnc2C)cc1. The molecule has 0 saturated carbocycles. The Morgan fingerprint density at radius 2 is 1.54 bits per heavy atom. The number of rotatable bonds is 23. The van der Waals surface area contributed by atoms with E-state index in [1.165, 1.54) is 9.78 Å². The molecule has 5 heterocycles. The summed E-state index contributed by atoms with van der Waals surface area (Å²) in [7, 11) is 0. The van der Waals surface area contributed by atoms with Gasteiger partial charge in [-0.25, -0.2) is 4.98 Å². The molecule has 17 nitrogen and oxygen atoms in total. The van der Waals surface area contributed by atoms with Crippen LogP contribution < -0.4 is 20.7 Å². The minimum Gasteiger partial charge on any atom is -0.494 e. The fourth-order valence-corrected chi connectivity index (χ4v) is 12.1. The number of aryl methyl sites for hydroxylation is 3. The van der Waals surface area contributed by atoms with E-state index < -0.39 is 41.5 Å². The molecule has 8 rings (SSSR count). The van der Waals surface area contributed by atoms with Crippen LogP contribution in [0.4, 0.5) is 0 Å². The maximum atomic E-state index is 14.2. The molecule has 0 spiro atoms. The highest BCUT2D eigenvalue weighted by molar-refractivity contribution is 7.15. The zero-order valence-electron chi connectivity index (χ0n) is 46.4. The van der Waals surface area contributed by atoms with Gasteiger partial charge in [0, 0.05) is 47.0 Å². The zero-order chi connectivity index (χ0) is 56.5. The maximum Gasteiger partial charge on any atom is 0.246 e. The number of carbonyl (C=O) groups excluding carboxylic acids is 4. The Morgan fingerprint density at radius 1 is 0.848 bits per heavy atom. The second-order valence-electron chi connectivity index (χ2n) is 21.3. The smallest absolute Gasteiger partial charge is 0.246 e. The van der Waals surface area contributed by atoms with Gasteiger partial charge in [-0.15, -0.1) is 32.9 Å². The van der Waals surface area contributed by atoms with Crippen LogP contribution in [-0.2, 0) is 28.7 Å². The predicted octanol–water partition coefficient (Wildman–Crippen LogP) is 9.45. The van der Waals surface area contributed by atoms with E-state index in [-0.39, 0.29) is 63.1 Å². The number of aromatic nitrogens is 4. The Kier molecular flexibility index (Phi) is 19.6. The van der Waals surface area contributed by atoms with Crippen LogP contribution in [0.2, 0.25) is 5.02 Å². The van der Waals surface area contributed by atoms with E-state index in [1.807, 2.05) is 124 Å². The van der Waals surface area contributed by atoms with Crippen molar-refractivity contribution in [2.75, 3.05) is 39.6 Å². The number of aliphatic imine (C=N–C) groups is 1. The summed E-state index contributed by atoms with van der Waals surface area (Å²) in [5.41, 5.74) is 8.81. The third-order valence-electron chi connectivity index (χ3n) is 14.3. The lowest BCUT2D eigenvalue weighted by Crippen LogP contribution is -2.58. The number of nitrogens with one attached hydrogen (secondary N) is 3. The summed E-state index contributed by atoms with van der Waals surface area (Å²) in [6.07, 6.45) is 1.39. The zero-order valence-corrected chi connectivity index (χ0v) is 48.8. The highest BCUT2D eigenvalue weighted by atomic mass is 35.5. The molecule has 4 amide bonds. The van der Waals surface area contributed by atoms with E-state index in [1.54, 1.807) is 22.7 Å². The van der Waals surface area contributed by atoms with Crippen LogP contribution >= 0.6 is 34.3 Å². The van der Waals surface area contributed by atoms with E-state index in [0.29, 0.717) is 42.7 Å². The number of nitrogens with zero attached hydrogens (tertiary/aromatic N) is 6. The van der Waals surface area contributed by atoms with Crippen LogP contribution in [0, 0.1) is 33.1 Å². The molecule has 6 atom stereocenters. The number of carbonyl (C=O) groups is 4. The lowest BCUT2D eigenvalue weighted by atomic mass is 9.85. The number of hydrogen-bond donors (Lipinski definition) is 4. The molecule has 79 heavy (non-hydrogen) atoms. The van der Waals surface area contributed by atoms with Gasteiger partial charge in [0.2, 0.25) is 23.6 Å². The Balaban J connectivity index is 0.747. The van der Waals surface area contributed by atoms with Crippen LogP contribution in [0.1, 0.15) is 135 Å². The number of aliphatic hydroxyl groups excluding tert-OH is 1. The summed E-state index contributed by atoms with van der Waals surface area (Å²) in [5.74, 6) is 0.574. The number of amides is 4. The Bertz CT molecular complexity index is 3110. The monoisotopic (exact) mass is 1130 g/mol. The molecule has 2 aliphatic rings. The topological polar surface area (TPSA) is 211 Å². The van der Waals surface area contributed by atoms with E-state index in [2.05, 4.69) is 51.9 Å². The number of thiophene rings is 1. The second-order valence-corrected chi connectivity index (χ2v) is 23.8. The van der Waals surface area contributed by atoms with Crippen LogP contribution in [0.25, 0.3) is 15.4 Å². The normalized spacial score (nSPS) is 17.2. The number of hydrogen-bond acceptors (Lipinski definition) is 14. The van der Waals surface area contributed by atoms with Crippen molar-refractivity contribution in [3.05, 3.63) is 133 Å². The number of benzene rings is 3. The van der Waals surface area contributed by atoms with Crippen LogP contribution in [0.15, 0.2) is 83.3 Å². The first-order valence-electron chi connectivity index (χ1n) is 26.9. The summed E-state index contributed by atoms with van der Waals surface area (Å²) < 4.78 is 19.4. The van der Waals surface area contributed by atoms with Crippen LogP contribution in [-0.4, -0.2) is 117 Å². The first kappa shape index (κ1) is 58.8. The standard InChI is InChI=1S/C59H72ClN9O8S2/c1-10-12-46(40-13-15-42(16-14-40)53-36(4)61-33-78-53)64-56(73)48-29-44(70)31-68(48)57(74)54(59(7,8)9)65-50(72)32-76-28-27-75-25-11-26-77-45-23-19-39(20-24-45)35(3)62-49(71)30-47-55-67-66-38(6)69(55)58-51(34(2)37(5)79-58)52(63-47)41-17-21-43(60)22-18-41/h13-24,33,35,44,46-48,54,70H,10-12,25-32H2,1-9H3,(H,62,71)(H,64,73)(H,65,72)/t35-,44+,46-,47-,48-,54+/m0/s1. The summed E-state index contributed by atoms with van der Waals surface area (Å²) >= 11 is 9.52. The predicted molar refractivity (Wildman–Crippen MR) is 308 cm³/mol. The van der Waals surface area contributed by atoms with E-state index in [9.17, 15) is 24.3 Å². The first-order valence-corrected chi connectivity index (χ1v) is 29.0. The van der Waals surface area contributed by atoms with Gasteiger partial charge in [0.25, 0.3) is 0 Å². The van der Waals surface area contributed by atoms with Crippen molar-refractivity contribution in [2.45, 2.75) is 131 Å². The third-order valence-corrected chi connectivity index (χ3v) is 16.7. The van der Waals surface area contributed by atoms with E-state index in [4.69, 9.17) is 30.8 Å². The van der Waals surface area contributed by atoms with Crippen molar-refractivity contribution in [3.8, 4) is 21.2 Å². The van der Waals surface area contributed by atoms with Gasteiger partial charge in [-0.2, -0.15) is 0 Å². The van der Waals surface area contributed by atoms with Gasteiger partial charge in [0.05, 0.1) is 66.2 Å². The molecular formula is C59H72ClN9O8S2. The van der Waals surface area contributed by atoms with Crippen molar-refractivity contribution in [2.24, 2.45) is 10.4 Å². The number of β-amino-alcohol motifs (C(OH)–C–C–N with tert-alkyl or cyclic N) is 1. The molecule has 20 heteroatoms. The summed E-state index contributed by atoms with van der Waals surface area (Å²) in [4.78, 5) is 68.4. The van der Waals surface area contributed by atoms with Crippen molar-refractivity contribution in [1.29, 1.82) is 0 Å². The van der Waals surface area contributed by atoms with Gasteiger partial charge >= 0.3 is 0 Å². The van der Waals surface area contributed by atoms with E-state index in [0.717, 1.165) is 66.9 Å². The molecule has 0 aliphatic carbocycles. The fourth-order valence-electron chi connectivity index (χ4n) is 9.93. The molecule has 4 N–H and O–H groups in total. The molecule has 0 radical (unpaired) electrons. The van der Waals surface area contributed by atoms with Gasteiger partial charge in [-0.1, -0.05) is 94.2 Å². The molecule has 420 valence electrons. The number of ether oxygens (including phenoxy) is 3. The van der Waals surface area contributed by atoms with Gasteiger partial charge < -0.3 is 40.2 Å². The Morgan fingerprint density at radius 3 is 2.23 bits per heavy atom. The lowest BCUT2D eigenvalue weighted by molar-refractivity contribution is -0.144. The van der Waals surface area contributed by atoms with Gasteiger partial charge in [0.1, 0.15) is 41.3 Å². The Labute approximate surface area is 475 Å². The van der Waals surface area contributed by atoms with E-state index >= 15 is 0 Å². The lowest BCUT2D eigenvalue weighted by Gasteiger charge is -2.35. The van der Waals surface area contributed by atoms with Crippen LogP contribution in [0.5, 0.6) is 5.75 Å². The molecule has 3 aromatic heterocycles. The highest BCUT2D eigenvalue weighted by Gasteiger charge is 2.45. The van der Waals surface area contributed by atoms with Gasteiger partial charge in [-0.05, 0) is 93.0 Å².